The Bertz CT molecular complexity index is 992. The van der Waals surface area contributed by atoms with Crippen molar-refractivity contribution in [2.24, 2.45) is 0 Å². The lowest BCUT2D eigenvalue weighted by Crippen LogP contribution is -2.44. The Morgan fingerprint density at radius 1 is 1.25 bits per heavy atom. The van der Waals surface area contributed by atoms with Gasteiger partial charge in [0, 0.05) is 15.7 Å². The maximum Gasteiger partial charge on any atom is 0.266 e. The van der Waals surface area contributed by atoms with Crippen molar-refractivity contribution in [3.63, 3.8) is 0 Å². The number of halogens is 1. The van der Waals surface area contributed by atoms with Gasteiger partial charge in [0.2, 0.25) is 5.91 Å². The molecule has 6 nitrogen and oxygen atoms in total. The van der Waals surface area contributed by atoms with Gasteiger partial charge in [0.25, 0.3) is 5.91 Å². The number of hydrogen-bond donors (Lipinski definition) is 3. The van der Waals surface area contributed by atoms with E-state index in [2.05, 4.69) is 21.2 Å². The molecule has 1 aliphatic rings. The highest BCUT2D eigenvalue weighted by molar-refractivity contribution is 9.10. The fourth-order valence-electron chi connectivity index (χ4n) is 2.50. The van der Waals surface area contributed by atoms with Crippen LogP contribution in [0.1, 0.15) is 12.5 Å². The van der Waals surface area contributed by atoms with Gasteiger partial charge in [0.15, 0.2) is 0 Å². The highest BCUT2D eigenvalue weighted by atomic mass is 79.9. The first-order valence-electron chi connectivity index (χ1n) is 8.12. The normalized spacial score (nSPS) is 16.5. The van der Waals surface area contributed by atoms with Crippen LogP contribution in [0.2, 0.25) is 0 Å². The SMILES string of the molecule is CC(C(=O)Nc1ccc(O)cc1)N1C(=O)/C(=C/c2cc(Br)ccc2O)SC1=S. The van der Waals surface area contributed by atoms with Crippen molar-refractivity contribution in [1.82, 2.24) is 4.90 Å². The first-order chi connectivity index (χ1) is 13.3. The Morgan fingerprint density at radius 3 is 2.61 bits per heavy atom. The minimum absolute atomic E-state index is 0.0339. The lowest BCUT2D eigenvalue weighted by Gasteiger charge is -2.22. The van der Waals surface area contributed by atoms with Crippen molar-refractivity contribution < 1.29 is 19.8 Å². The van der Waals surface area contributed by atoms with Crippen molar-refractivity contribution in [1.29, 1.82) is 0 Å². The molecule has 1 saturated heterocycles. The van der Waals surface area contributed by atoms with Crippen LogP contribution in [-0.4, -0.2) is 37.3 Å². The molecule has 0 radical (unpaired) electrons. The number of aromatic hydroxyl groups is 2. The number of nitrogens with one attached hydrogen (secondary N) is 1. The molecular weight excluding hydrogens is 464 g/mol. The molecule has 2 amide bonds. The maximum atomic E-state index is 12.8. The van der Waals surface area contributed by atoms with E-state index in [0.717, 1.165) is 16.2 Å². The van der Waals surface area contributed by atoms with E-state index in [4.69, 9.17) is 12.2 Å². The van der Waals surface area contributed by atoms with Crippen LogP contribution >= 0.6 is 39.9 Å². The van der Waals surface area contributed by atoms with E-state index in [1.165, 1.54) is 23.1 Å². The van der Waals surface area contributed by atoms with Gasteiger partial charge in [-0.2, -0.15) is 0 Å². The third kappa shape index (κ3) is 4.37. The van der Waals surface area contributed by atoms with E-state index in [-0.39, 0.29) is 15.8 Å². The van der Waals surface area contributed by atoms with Crippen LogP contribution in [-0.2, 0) is 9.59 Å². The zero-order valence-corrected chi connectivity index (χ0v) is 17.8. The Morgan fingerprint density at radius 2 is 1.93 bits per heavy atom. The number of thioether (sulfide) groups is 1. The fraction of sp³-hybridized carbons (Fsp3) is 0.105. The van der Waals surface area contributed by atoms with Crippen molar-refractivity contribution in [3.05, 3.63) is 57.4 Å². The maximum absolute atomic E-state index is 12.8. The van der Waals surface area contributed by atoms with Gasteiger partial charge in [-0.1, -0.05) is 39.9 Å². The Kier molecular flexibility index (Phi) is 6.07. The predicted octanol–water partition coefficient (Wildman–Crippen LogP) is 4.09. The number of thiocarbonyl (C=S) groups is 1. The van der Waals surface area contributed by atoms with Gasteiger partial charge in [-0.25, -0.2) is 0 Å². The molecule has 1 atom stereocenters. The van der Waals surface area contributed by atoms with Crippen molar-refractivity contribution in [2.45, 2.75) is 13.0 Å². The van der Waals surface area contributed by atoms with Crippen LogP contribution in [0.15, 0.2) is 51.8 Å². The van der Waals surface area contributed by atoms with Crippen LogP contribution in [0.5, 0.6) is 11.5 Å². The average molecular weight is 479 g/mol. The molecule has 0 aliphatic carbocycles. The second kappa shape index (κ2) is 8.34. The number of carbonyl (C=O) groups excluding carboxylic acids is 2. The van der Waals surface area contributed by atoms with Gasteiger partial charge in [-0.15, -0.1) is 0 Å². The van der Waals surface area contributed by atoms with Crippen LogP contribution in [0.25, 0.3) is 6.08 Å². The summed E-state index contributed by atoms with van der Waals surface area (Å²) in [5.41, 5.74) is 0.964. The zero-order valence-electron chi connectivity index (χ0n) is 14.5. The van der Waals surface area contributed by atoms with Gasteiger partial charge in [-0.05, 0) is 55.5 Å². The van der Waals surface area contributed by atoms with Crippen molar-refractivity contribution in [2.75, 3.05) is 5.32 Å². The predicted molar refractivity (Wildman–Crippen MR) is 117 cm³/mol. The van der Waals surface area contributed by atoms with Gasteiger partial charge < -0.3 is 15.5 Å². The standard InChI is InChI=1S/C19H15BrN2O4S2/c1-10(17(25)21-13-3-5-14(23)6-4-13)22-18(26)16(28-19(22)27)9-11-8-12(20)2-7-15(11)24/h2-10,23-24H,1H3,(H,21,25)/b16-9-. The monoisotopic (exact) mass is 478 g/mol. The number of hydrogen-bond acceptors (Lipinski definition) is 6. The highest BCUT2D eigenvalue weighted by Gasteiger charge is 2.38. The number of rotatable bonds is 4. The molecule has 1 fully saturated rings. The molecule has 144 valence electrons. The first-order valence-corrected chi connectivity index (χ1v) is 10.1. The van der Waals surface area contributed by atoms with Crippen LogP contribution in [0.4, 0.5) is 5.69 Å². The van der Waals surface area contributed by atoms with Crippen LogP contribution in [0, 0.1) is 0 Å². The van der Waals surface area contributed by atoms with Gasteiger partial charge in [0.1, 0.15) is 21.9 Å². The summed E-state index contributed by atoms with van der Waals surface area (Å²) in [7, 11) is 0. The van der Waals surface area contributed by atoms with Crippen molar-refractivity contribution in [3.8, 4) is 11.5 Å². The summed E-state index contributed by atoms with van der Waals surface area (Å²) < 4.78 is 1.02. The van der Waals surface area contributed by atoms with Crippen LogP contribution < -0.4 is 5.32 Å². The zero-order chi connectivity index (χ0) is 20.4. The van der Waals surface area contributed by atoms with E-state index in [9.17, 15) is 19.8 Å². The molecule has 0 aromatic heterocycles. The number of phenolic OH excluding ortho intramolecular Hbond substituents is 2. The van der Waals surface area contributed by atoms with Gasteiger partial charge >= 0.3 is 0 Å². The molecule has 0 spiro atoms. The smallest absolute Gasteiger partial charge is 0.266 e. The van der Waals surface area contributed by atoms with E-state index >= 15 is 0 Å². The third-order valence-corrected chi connectivity index (χ3v) is 5.82. The quantitative estimate of drug-likeness (QED) is 0.348. The number of nitrogens with zero attached hydrogens (tertiary/aromatic N) is 1. The van der Waals surface area contributed by atoms with E-state index in [1.54, 1.807) is 37.3 Å². The molecule has 3 N–H and O–H groups in total. The molecule has 0 saturated carbocycles. The summed E-state index contributed by atoms with van der Waals surface area (Å²) in [6.45, 7) is 1.58. The Hall–Kier alpha value is -2.36. The molecule has 1 heterocycles. The summed E-state index contributed by atoms with van der Waals surface area (Å²) in [6.07, 6.45) is 1.55. The minimum atomic E-state index is -0.830. The topological polar surface area (TPSA) is 89.9 Å². The molecule has 9 heteroatoms. The molecule has 3 rings (SSSR count). The lowest BCUT2D eigenvalue weighted by atomic mass is 10.2. The number of anilines is 1. The average Bonchev–Trinajstić information content (AvgIpc) is 2.93. The molecular formula is C19H15BrN2O4S2. The van der Waals surface area contributed by atoms with E-state index < -0.39 is 17.9 Å². The highest BCUT2D eigenvalue weighted by Crippen LogP contribution is 2.36. The van der Waals surface area contributed by atoms with Gasteiger partial charge in [0.05, 0.1) is 4.91 Å². The molecule has 28 heavy (non-hydrogen) atoms. The van der Waals surface area contributed by atoms with Crippen LogP contribution in [0.3, 0.4) is 0 Å². The summed E-state index contributed by atoms with van der Waals surface area (Å²) in [4.78, 5) is 26.9. The number of amides is 2. The molecule has 1 aliphatic heterocycles. The third-order valence-electron chi connectivity index (χ3n) is 4.00. The summed E-state index contributed by atoms with van der Waals surface area (Å²) in [5.74, 6) is -0.688. The van der Waals surface area contributed by atoms with Crippen molar-refractivity contribution >= 4 is 67.8 Å². The fourth-order valence-corrected chi connectivity index (χ4v) is 4.29. The molecule has 0 bridgehead atoms. The number of benzene rings is 2. The molecule has 2 aromatic carbocycles. The largest absolute Gasteiger partial charge is 0.508 e. The number of phenols is 2. The summed E-state index contributed by atoms with van der Waals surface area (Å²) in [6, 6.07) is 10.1. The Labute approximate surface area is 179 Å². The van der Waals surface area contributed by atoms with E-state index in [0.29, 0.717) is 16.2 Å². The second-order valence-electron chi connectivity index (χ2n) is 5.97. The van der Waals surface area contributed by atoms with Gasteiger partial charge in [-0.3, -0.25) is 14.5 Å². The summed E-state index contributed by atoms with van der Waals surface area (Å²) in [5, 5.41) is 22.0. The summed E-state index contributed by atoms with van der Waals surface area (Å²) >= 11 is 9.69. The first kappa shape index (κ1) is 20.4. The molecule has 1 unspecified atom stereocenters. The molecule has 2 aromatic rings. The minimum Gasteiger partial charge on any atom is -0.508 e. The second-order valence-corrected chi connectivity index (χ2v) is 8.56. The number of carbonyl (C=O) groups is 2. The lowest BCUT2D eigenvalue weighted by molar-refractivity contribution is -0.129. The Balaban J connectivity index is 1.78. The van der Waals surface area contributed by atoms with E-state index in [1.807, 2.05) is 0 Å².